The van der Waals surface area contributed by atoms with Gasteiger partial charge in [-0.2, -0.15) is 0 Å². The van der Waals surface area contributed by atoms with E-state index in [1.807, 2.05) is 0 Å². The summed E-state index contributed by atoms with van der Waals surface area (Å²) in [5, 5.41) is 11.5. The molecule has 0 unspecified atom stereocenters. The number of sulfone groups is 1. The Hall–Kier alpha value is -2.88. The first-order valence-corrected chi connectivity index (χ1v) is 10.3. The summed E-state index contributed by atoms with van der Waals surface area (Å²) in [6.45, 7) is -0.0611. The summed E-state index contributed by atoms with van der Waals surface area (Å²) in [4.78, 5) is 15.8. The van der Waals surface area contributed by atoms with E-state index in [0.717, 1.165) is 6.26 Å². The number of halogens is 1. The Morgan fingerprint density at radius 3 is 2.29 bits per heavy atom. The molecule has 0 aliphatic heterocycles. The average molecular weight is 422 g/mol. The molecule has 0 spiro atoms. The van der Waals surface area contributed by atoms with Gasteiger partial charge in [-0.15, -0.1) is 0 Å². The summed E-state index contributed by atoms with van der Waals surface area (Å²) in [5.41, 5.74) is 3.27. The van der Waals surface area contributed by atoms with Crippen LogP contribution in [0, 0.1) is 0 Å². The zero-order valence-corrected chi connectivity index (χ0v) is 16.2. The van der Waals surface area contributed by atoms with Crippen LogP contribution >= 0.6 is 11.6 Å². The standard InChI is InChI=1S/C18H16ClN3O5S/c1-28(25,26)14-8-4-11(5-9-14)16-17(12-2-6-13(19)7-3-12)27-15(21-16)10-20-18(23)22-24/h2-9,24H,10H2,1H3,(H2,20,22,23). The quantitative estimate of drug-likeness (QED) is 0.429. The van der Waals surface area contributed by atoms with Crippen molar-refractivity contribution < 1.29 is 22.8 Å². The van der Waals surface area contributed by atoms with Crippen LogP contribution in [-0.2, 0) is 16.4 Å². The van der Waals surface area contributed by atoms with Gasteiger partial charge in [0.25, 0.3) is 0 Å². The third-order valence-corrected chi connectivity index (χ3v) is 5.22. The molecular formula is C18H16ClN3O5S. The second-order valence-corrected chi connectivity index (χ2v) is 8.34. The first-order valence-electron chi connectivity index (χ1n) is 8.02. The molecule has 0 bridgehead atoms. The Balaban J connectivity index is 2.03. The number of hydrogen-bond donors (Lipinski definition) is 3. The molecule has 0 aliphatic rings. The molecule has 8 nitrogen and oxygen atoms in total. The third-order valence-electron chi connectivity index (χ3n) is 3.84. The number of aromatic nitrogens is 1. The van der Waals surface area contributed by atoms with Gasteiger partial charge in [-0.1, -0.05) is 23.7 Å². The first kappa shape index (κ1) is 19.9. The second kappa shape index (κ2) is 8.01. The molecule has 0 saturated heterocycles. The largest absolute Gasteiger partial charge is 0.438 e. The summed E-state index contributed by atoms with van der Waals surface area (Å²) >= 11 is 5.94. The molecule has 28 heavy (non-hydrogen) atoms. The molecule has 0 saturated carbocycles. The number of carbonyl (C=O) groups is 1. The fourth-order valence-corrected chi connectivity index (χ4v) is 3.24. The number of carbonyl (C=O) groups excluding carboxylic acids is 1. The summed E-state index contributed by atoms with van der Waals surface area (Å²) in [7, 11) is -3.32. The van der Waals surface area contributed by atoms with Crippen molar-refractivity contribution in [2.45, 2.75) is 11.4 Å². The van der Waals surface area contributed by atoms with Gasteiger partial charge in [0.15, 0.2) is 15.6 Å². The van der Waals surface area contributed by atoms with E-state index in [4.69, 9.17) is 21.2 Å². The monoisotopic (exact) mass is 421 g/mol. The first-order chi connectivity index (χ1) is 13.3. The van der Waals surface area contributed by atoms with Crippen molar-refractivity contribution >= 4 is 27.5 Å². The van der Waals surface area contributed by atoms with Gasteiger partial charge < -0.3 is 9.73 Å². The maximum Gasteiger partial charge on any atom is 0.338 e. The fraction of sp³-hybridized carbons (Fsp3) is 0.111. The molecular weight excluding hydrogens is 406 g/mol. The highest BCUT2D eigenvalue weighted by atomic mass is 35.5. The van der Waals surface area contributed by atoms with Crippen LogP contribution in [0.1, 0.15) is 5.89 Å². The van der Waals surface area contributed by atoms with E-state index in [1.165, 1.54) is 17.6 Å². The molecule has 0 atom stereocenters. The number of urea groups is 1. The van der Waals surface area contributed by atoms with Gasteiger partial charge in [-0.05, 0) is 36.4 Å². The second-order valence-electron chi connectivity index (χ2n) is 5.88. The number of nitrogens with zero attached hydrogens (tertiary/aromatic N) is 1. The van der Waals surface area contributed by atoms with E-state index in [1.54, 1.807) is 36.4 Å². The third kappa shape index (κ3) is 4.50. The zero-order valence-electron chi connectivity index (χ0n) is 14.6. The van der Waals surface area contributed by atoms with E-state index < -0.39 is 15.9 Å². The zero-order chi connectivity index (χ0) is 20.3. The number of hydrogen-bond acceptors (Lipinski definition) is 6. The van der Waals surface area contributed by atoms with Crippen molar-refractivity contribution in [3.05, 3.63) is 59.4 Å². The van der Waals surface area contributed by atoms with Gasteiger partial charge in [-0.25, -0.2) is 23.7 Å². The molecule has 1 heterocycles. The van der Waals surface area contributed by atoms with Gasteiger partial charge in [0, 0.05) is 22.4 Å². The molecule has 0 aliphatic carbocycles. The predicted octanol–water partition coefficient (Wildman–Crippen LogP) is 3.25. The Kier molecular flexibility index (Phi) is 5.68. The van der Waals surface area contributed by atoms with Crippen LogP contribution in [0.5, 0.6) is 0 Å². The minimum Gasteiger partial charge on any atom is -0.438 e. The van der Waals surface area contributed by atoms with E-state index in [2.05, 4.69) is 10.3 Å². The number of amides is 2. The molecule has 146 valence electrons. The van der Waals surface area contributed by atoms with Gasteiger partial charge in [0.1, 0.15) is 5.69 Å². The molecule has 3 N–H and O–H groups in total. The molecule has 0 fully saturated rings. The van der Waals surface area contributed by atoms with Gasteiger partial charge in [0.05, 0.1) is 11.4 Å². The molecule has 2 amide bonds. The van der Waals surface area contributed by atoms with E-state index in [9.17, 15) is 13.2 Å². The minimum atomic E-state index is -3.32. The molecule has 3 rings (SSSR count). The Labute approximate surface area is 166 Å². The van der Waals surface area contributed by atoms with Gasteiger partial charge in [0.2, 0.25) is 5.89 Å². The van der Waals surface area contributed by atoms with Crippen molar-refractivity contribution in [1.82, 2.24) is 15.8 Å². The van der Waals surface area contributed by atoms with Crippen molar-refractivity contribution in [2.75, 3.05) is 6.26 Å². The van der Waals surface area contributed by atoms with Crippen molar-refractivity contribution in [3.63, 3.8) is 0 Å². The van der Waals surface area contributed by atoms with Crippen LogP contribution in [0.15, 0.2) is 57.8 Å². The summed E-state index contributed by atoms with van der Waals surface area (Å²) < 4.78 is 29.1. The summed E-state index contributed by atoms with van der Waals surface area (Å²) in [5.74, 6) is 0.640. The van der Waals surface area contributed by atoms with Crippen LogP contribution in [0.2, 0.25) is 5.02 Å². The van der Waals surface area contributed by atoms with Gasteiger partial charge in [-0.3, -0.25) is 5.21 Å². The van der Waals surface area contributed by atoms with Crippen molar-refractivity contribution in [2.24, 2.45) is 0 Å². The highest BCUT2D eigenvalue weighted by Crippen LogP contribution is 2.33. The molecule has 0 radical (unpaired) electrons. The maximum absolute atomic E-state index is 11.7. The van der Waals surface area contributed by atoms with Crippen LogP contribution in [0.3, 0.4) is 0 Å². The number of nitrogens with one attached hydrogen (secondary N) is 2. The lowest BCUT2D eigenvalue weighted by molar-refractivity contribution is 0.161. The lowest BCUT2D eigenvalue weighted by Gasteiger charge is -2.03. The maximum atomic E-state index is 11.7. The summed E-state index contributed by atoms with van der Waals surface area (Å²) in [6.07, 6.45) is 1.13. The molecule has 10 heteroatoms. The van der Waals surface area contributed by atoms with Crippen molar-refractivity contribution in [1.29, 1.82) is 0 Å². The van der Waals surface area contributed by atoms with E-state index in [-0.39, 0.29) is 17.3 Å². The number of hydroxylamine groups is 1. The smallest absolute Gasteiger partial charge is 0.338 e. The number of oxazole rings is 1. The lowest BCUT2D eigenvalue weighted by Crippen LogP contribution is -2.32. The Morgan fingerprint density at radius 2 is 1.71 bits per heavy atom. The highest BCUT2D eigenvalue weighted by Gasteiger charge is 2.18. The normalized spacial score (nSPS) is 11.2. The molecule has 1 aromatic heterocycles. The molecule has 2 aromatic carbocycles. The number of rotatable bonds is 5. The predicted molar refractivity (Wildman–Crippen MR) is 103 cm³/mol. The van der Waals surface area contributed by atoms with E-state index in [0.29, 0.717) is 27.6 Å². The highest BCUT2D eigenvalue weighted by molar-refractivity contribution is 7.90. The van der Waals surface area contributed by atoms with Crippen LogP contribution in [-0.4, -0.2) is 30.9 Å². The SMILES string of the molecule is CS(=O)(=O)c1ccc(-c2nc(CNC(=O)NO)oc2-c2ccc(Cl)cc2)cc1. The van der Waals surface area contributed by atoms with Gasteiger partial charge >= 0.3 is 6.03 Å². The topological polar surface area (TPSA) is 122 Å². The Morgan fingerprint density at radius 1 is 1.11 bits per heavy atom. The average Bonchev–Trinajstić information content (AvgIpc) is 3.10. The number of benzene rings is 2. The van der Waals surface area contributed by atoms with Crippen LogP contribution in [0.4, 0.5) is 4.79 Å². The van der Waals surface area contributed by atoms with Crippen molar-refractivity contribution in [3.8, 4) is 22.6 Å². The van der Waals surface area contributed by atoms with Crippen LogP contribution < -0.4 is 10.8 Å². The lowest BCUT2D eigenvalue weighted by atomic mass is 10.1. The fourth-order valence-electron chi connectivity index (χ4n) is 2.49. The van der Waals surface area contributed by atoms with E-state index >= 15 is 0 Å². The van der Waals surface area contributed by atoms with Crippen LogP contribution in [0.25, 0.3) is 22.6 Å². The summed E-state index contributed by atoms with van der Waals surface area (Å²) in [6, 6.07) is 12.4. The molecule has 3 aromatic rings. The minimum absolute atomic E-state index is 0.0611. The Bertz CT molecular complexity index is 1090.